The molecule has 1 aromatic carbocycles. The number of allylic oxidation sites excluding steroid dienone is 1. The van der Waals surface area contributed by atoms with Crippen LogP contribution in [0.2, 0.25) is 5.02 Å². The molecule has 1 aliphatic heterocycles. The lowest BCUT2D eigenvalue weighted by atomic mass is 10.1. The molecule has 0 saturated carbocycles. The molecular weight excluding hydrogens is 256 g/mol. The van der Waals surface area contributed by atoms with E-state index in [0.717, 1.165) is 5.56 Å². The maximum Gasteiger partial charge on any atom is 0.346 e. The minimum atomic E-state index is -0.793. The highest BCUT2D eigenvalue weighted by Gasteiger charge is 2.31. The van der Waals surface area contributed by atoms with Gasteiger partial charge in [0.25, 0.3) is 0 Å². The predicted molar refractivity (Wildman–Crippen MR) is 66.1 cm³/mol. The third-order valence-electron chi connectivity index (χ3n) is 2.38. The second-order valence-electron chi connectivity index (χ2n) is 3.64. The van der Waals surface area contributed by atoms with Crippen molar-refractivity contribution in [2.24, 2.45) is 0 Å². The first kappa shape index (κ1) is 12.4. The molecule has 0 spiro atoms. The summed E-state index contributed by atoms with van der Waals surface area (Å²) in [6.07, 6.45) is 2.85. The molecule has 5 heteroatoms. The number of rotatable bonds is 2. The molecule has 0 amide bonds. The van der Waals surface area contributed by atoms with Crippen LogP contribution in [0.1, 0.15) is 5.56 Å². The molecule has 1 aromatic rings. The van der Waals surface area contributed by atoms with Crippen LogP contribution in [-0.2, 0) is 14.3 Å². The average Bonchev–Trinajstić information content (AvgIpc) is 2.68. The van der Waals surface area contributed by atoms with Crippen molar-refractivity contribution in [1.29, 1.82) is 0 Å². The SMILES string of the molecule is O=C1COC(=O)C1=C(O)C=Cc1ccc(Cl)cc1. The number of hydrogen-bond donors (Lipinski definition) is 1. The van der Waals surface area contributed by atoms with Crippen molar-refractivity contribution >= 4 is 29.4 Å². The summed E-state index contributed by atoms with van der Waals surface area (Å²) in [6, 6.07) is 6.87. The molecule has 0 aliphatic carbocycles. The van der Waals surface area contributed by atoms with Gasteiger partial charge < -0.3 is 9.84 Å². The molecule has 1 aliphatic rings. The number of carbonyl (C=O) groups is 2. The summed E-state index contributed by atoms with van der Waals surface area (Å²) in [7, 11) is 0. The summed E-state index contributed by atoms with van der Waals surface area (Å²) in [4.78, 5) is 22.4. The van der Waals surface area contributed by atoms with E-state index in [1.54, 1.807) is 30.3 Å². The normalized spacial score (nSPS) is 18.3. The molecule has 0 bridgehead atoms. The van der Waals surface area contributed by atoms with E-state index in [0.29, 0.717) is 5.02 Å². The van der Waals surface area contributed by atoms with Crippen molar-refractivity contribution < 1.29 is 19.4 Å². The Morgan fingerprint density at radius 3 is 2.50 bits per heavy atom. The fraction of sp³-hybridized carbons (Fsp3) is 0.0769. The molecule has 1 saturated heterocycles. The minimum Gasteiger partial charge on any atom is -0.507 e. The summed E-state index contributed by atoms with van der Waals surface area (Å²) in [5.41, 5.74) is 0.477. The van der Waals surface area contributed by atoms with Crippen molar-refractivity contribution in [2.45, 2.75) is 0 Å². The molecule has 0 radical (unpaired) electrons. The Bertz CT molecular complexity index is 537. The number of ketones is 1. The lowest BCUT2D eigenvalue weighted by Crippen LogP contribution is -2.04. The van der Waals surface area contributed by atoms with Crippen LogP contribution in [0.25, 0.3) is 6.08 Å². The molecule has 0 unspecified atom stereocenters. The van der Waals surface area contributed by atoms with E-state index >= 15 is 0 Å². The zero-order chi connectivity index (χ0) is 13.1. The highest BCUT2D eigenvalue weighted by molar-refractivity contribution is 6.30. The molecule has 1 fully saturated rings. The van der Waals surface area contributed by atoms with Gasteiger partial charge in [-0.25, -0.2) is 4.79 Å². The summed E-state index contributed by atoms with van der Waals surface area (Å²) in [6.45, 7) is -0.312. The number of esters is 1. The first-order valence-electron chi connectivity index (χ1n) is 5.15. The van der Waals surface area contributed by atoms with Gasteiger partial charge in [-0.15, -0.1) is 0 Å². The van der Waals surface area contributed by atoms with Crippen LogP contribution >= 0.6 is 11.6 Å². The van der Waals surface area contributed by atoms with Gasteiger partial charge in [0.05, 0.1) is 0 Å². The summed E-state index contributed by atoms with van der Waals surface area (Å²) in [5.74, 6) is -1.70. The first-order valence-corrected chi connectivity index (χ1v) is 5.53. The zero-order valence-electron chi connectivity index (χ0n) is 9.22. The zero-order valence-corrected chi connectivity index (χ0v) is 9.98. The van der Waals surface area contributed by atoms with E-state index < -0.39 is 17.5 Å². The number of cyclic esters (lactones) is 1. The van der Waals surface area contributed by atoms with Crippen molar-refractivity contribution in [3.63, 3.8) is 0 Å². The molecule has 18 heavy (non-hydrogen) atoms. The second kappa shape index (κ2) is 5.06. The molecule has 1 heterocycles. The van der Waals surface area contributed by atoms with E-state index in [-0.39, 0.29) is 12.2 Å². The molecule has 2 rings (SSSR count). The Hall–Kier alpha value is -2.07. The van der Waals surface area contributed by atoms with E-state index in [1.807, 2.05) is 0 Å². The summed E-state index contributed by atoms with van der Waals surface area (Å²) >= 11 is 5.73. The Morgan fingerprint density at radius 2 is 1.94 bits per heavy atom. The smallest absolute Gasteiger partial charge is 0.346 e. The summed E-state index contributed by atoms with van der Waals surface area (Å²) in [5, 5.41) is 10.3. The number of benzene rings is 1. The topological polar surface area (TPSA) is 63.6 Å². The molecular formula is C13H9ClO4. The van der Waals surface area contributed by atoms with Gasteiger partial charge in [0.2, 0.25) is 5.78 Å². The van der Waals surface area contributed by atoms with E-state index in [1.165, 1.54) is 6.08 Å². The third-order valence-corrected chi connectivity index (χ3v) is 2.63. The van der Waals surface area contributed by atoms with Crippen molar-refractivity contribution in [3.05, 3.63) is 52.3 Å². The van der Waals surface area contributed by atoms with E-state index in [9.17, 15) is 14.7 Å². The molecule has 4 nitrogen and oxygen atoms in total. The van der Waals surface area contributed by atoms with Gasteiger partial charge in [-0.2, -0.15) is 0 Å². The number of aliphatic hydroxyl groups excluding tert-OH is 1. The van der Waals surface area contributed by atoms with Gasteiger partial charge in [-0.3, -0.25) is 4.79 Å². The lowest BCUT2D eigenvalue weighted by molar-refractivity contribution is -0.135. The van der Waals surface area contributed by atoms with Crippen LogP contribution < -0.4 is 0 Å². The number of hydrogen-bond acceptors (Lipinski definition) is 4. The van der Waals surface area contributed by atoms with Crippen LogP contribution in [0.5, 0.6) is 0 Å². The van der Waals surface area contributed by atoms with Gasteiger partial charge >= 0.3 is 5.97 Å². The predicted octanol–water partition coefficient (Wildman–Crippen LogP) is 2.29. The standard InChI is InChI=1S/C13H9ClO4/c14-9-4-1-8(2-5-9)3-6-10(15)12-11(16)7-18-13(12)17/h1-6,15H,7H2. The minimum absolute atomic E-state index is 0.305. The van der Waals surface area contributed by atoms with E-state index in [2.05, 4.69) is 4.74 Å². The lowest BCUT2D eigenvalue weighted by Gasteiger charge is -1.96. The maximum atomic E-state index is 11.3. The van der Waals surface area contributed by atoms with Crippen LogP contribution in [0, 0.1) is 0 Å². The first-order chi connectivity index (χ1) is 8.58. The number of aliphatic hydroxyl groups is 1. The fourth-order valence-electron chi connectivity index (χ4n) is 1.47. The number of Topliss-reactive ketones (excluding diaryl/α,β-unsaturated/α-hetero) is 1. The van der Waals surface area contributed by atoms with Crippen LogP contribution in [0.4, 0.5) is 0 Å². The largest absolute Gasteiger partial charge is 0.507 e. The van der Waals surface area contributed by atoms with Crippen LogP contribution in [0.15, 0.2) is 41.7 Å². The monoisotopic (exact) mass is 264 g/mol. The molecule has 0 atom stereocenters. The Kier molecular flexibility index (Phi) is 3.48. The average molecular weight is 265 g/mol. The highest BCUT2D eigenvalue weighted by Crippen LogP contribution is 2.16. The Labute approximate surface area is 108 Å². The maximum absolute atomic E-state index is 11.3. The van der Waals surface area contributed by atoms with Crippen LogP contribution in [0.3, 0.4) is 0 Å². The second-order valence-corrected chi connectivity index (χ2v) is 4.08. The molecule has 0 aromatic heterocycles. The quantitative estimate of drug-likeness (QED) is 0.385. The van der Waals surface area contributed by atoms with Gasteiger partial charge in [0.1, 0.15) is 11.3 Å². The number of carbonyl (C=O) groups excluding carboxylic acids is 2. The molecule has 92 valence electrons. The highest BCUT2D eigenvalue weighted by atomic mass is 35.5. The number of halogens is 1. The fourth-order valence-corrected chi connectivity index (χ4v) is 1.60. The Morgan fingerprint density at radius 1 is 1.28 bits per heavy atom. The van der Waals surface area contributed by atoms with Gasteiger partial charge in [0, 0.05) is 5.02 Å². The van der Waals surface area contributed by atoms with Crippen molar-refractivity contribution in [2.75, 3.05) is 6.61 Å². The van der Waals surface area contributed by atoms with Crippen LogP contribution in [-0.4, -0.2) is 23.5 Å². The third kappa shape index (κ3) is 2.60. The van der Waals surface area contributed by atoms with Gasteiger partial charge in [-0.1, -0.05) is 29.8 Å². The van der Waals surface area contributed by atoms with Crippen molar-refractivity contribution in [1.82, 2.24) is 0 Å². The Balaban J connectivity index is 2.23. The van der Waals surface area contributed by atoms with Gasteiger partial charge in [-0.05, 0) is 23.8 Å². The number of ether oxygens (including phenoxy) is 1. The van der Waals surface area contributed by atoms with Gasteiger partial charge in [0.15, 0.2) is 6.61 Å². The van der Waals surface area contributed by atoms with Crippen molar-refractivity contribution in [3.8, 4) is 0 Å². The molecule has 1 N–H and O–H groups in total. The summed E-state index contributed by atoms with van der Waals surface area (Å²) < 4.78 is 4.51. The van der Waals surface area contributed by atoms with E-state index in [4.69, 9.17) is 11.6 Å².